The van der Waals surface area contributed by atoms with E-state index in [4.69, 9.17) is 4.74 Å². The van der Waals surface area contributed by atoms with Crippen LogP contribution in [-0.2, 0) is 16.1 Å². The first-order chi connectivity index (χ1) is 15.5. The number of rotatable bonds is 7. The maximum absolute atomic E-state index is 13.8. The molecule has 0 bridgehead atoms. The van der Waals surface area contributed by atoms with E-state index < -0.39 is 11.8 Å². The number of esters is 1. The van der Waals surface area contributed by atoms with Crippen molar-refractivity contribution in [3.8, 4) is 0 Å². The number of ether oxygens (including phenoxy) is 1. The van der Waals surface area contributed by atoms with Gasteiger partial charge in [-0.3, -0.25) is 9.69 Å². The lowest BCUT2D eigenvalue weighted by Crippen LogP contribution is -2.46. The Kier molecular flexibility index (Phi) is 6.82. The van der Waals surface area contributed by atoms with Crippen LogP contribution in [0.5, 0.6) is 0 Å². The van der Waals surface area contributed by atoms with E-state index in [0.29, 0.717) is 17.4 Å². The number of aromatic nitrogens is 1. The van der Waals surface area contributed by atoms with Crippen molar-refractivity contribution in [1.29, 1.82) is 0 Å². The first-order valence-corrected chi connectivity index (χ1v) is 10.7. The van der Waals surface area contributed by atoms with E-state index >= 15 is 0 Å². The van der Waals surface area contributed by atoms with Gasteiger partial charge in [-0.15, -0.1) is 0 Å². The molecular weight excluding hydrogens is 411 g/mol. The minimum atomic E-state index is -0.619. The number of hydrogen-bond donors (Lipinski definition) is 2. The zero-order chi connectivity index (χ0) is 22.5. The summed E-state index contributed by atoms with van der Waals surface area (Å²) in [5, 5.41) is 3.22. The fourth-order valence-corrected chi connectivity index (χ4v) is 4.02. The molecule has 0 spiro atoms. The van der Waals surface area contributed by atoms with Crippen molar-refractivity contribution in [1.82, 2.24) is 14.8 Å². The van der Waals surface area contributed by atoms with Crippen LogP contribution in [0.15, 0.2) is 48.5 Å². The predicted octanol–water partition coefficient (Wildman–Crippen LogP) is 3.24. The Morgan fingerprint density at radius 2 is 1.78 bits per heavy atom. The monoisotopic (exact) mass is 438 g/mol. The van der Waals surface area contributed by atoms with Gasteiger partial charge in [-0.2, -0.15) is 0 Å². The third-order valence-electron chi connectivity index (χ3n) is 5.78. The number of nitrogens with zero attached hydrogens (tertiary/aromatic N) is 2. The van der Waals surface area contributed by atoms with Crippen LogP contribution in [0, 0.1) is 5.82 Å². The fraction of sp³-hybridized carbons (Fsp3) is 0.333. The van der Waals surface area contributed by atoms with Gasteiger partial charge in [-0.25, -0.2) is 9.18 Å². The largest absolute Gasteiger partial charge is 0.464 e. The summed E-state index contributed by atoms with van der Waals surface area (Å²) in [6, 6.07) is 14.5. The Hall–Kier alpha value is -3.23. The molecule has 0 radical (unpaired) electrons. The molecule has 1 amide bonds. The molecule has 1 aliphatic heterocycles. The number of benzene rings is 2. The van der Waals surface area contributed by atoms with Crippen molar-refractivity contribution < 1.29 is 18.7 Å². The summed E-state index contributed by atoms with van der Waals surface area (Å²) in [6.45, 7) is 5.24. The van der Waals surface area contributed by atoms with E-state index in [-0.39, 0.29) is 23.7 Å². The number of nitrogens with one attached hydrogen (secondary N) is 2. The number of fused-ring (bicyclic) bond motifs is 1. The molecule has 2 N–H and O–H groups in total. The first kappa shape index (κ1) is 22.0. The second-order valence-electron chi connectivity index (χ2n) is 7.96. The number of halogens is 1. The van der Waals surface area contributed by atoms with E-state index in [0.717, 1.165) is 32.7 Å². The molecule has 32 heavy (non-hydrogen) atoms. The summed E-state index contributed by atoms with van der Waals surface area (Å²) in [4.78, 5) is 32.3. The molecule has 0 unspecified atom stereocenters. The number of carbonyl (C=O) groups is 2. The van der Waals surface area contributed by atoms with Crippen LogP contribution in [0.2, 0.25) is 0 Å². The molecule has 7 nitrogen and oxygen atoms in total. The van der Waals surface area contributed by atoms with Gasteiger partial charge < -0.3 is 19.9 Å². The molecule has 0 aliphatic carbocycles. The van der Waals surface area contributed by atoms with Gasteiger partial charge in [0.25, 0.3) is 0 Å². The first-order valence-electron chi connectivity index (χ1n) is 10.7. The Morgan fingerprint density at radius 1 is 1.06 bits per heavy atom. The Morgan fingerprint density at radius 3 is 2.50 bits per heavy atom. The molecule has 8 heteroatoms. The molecule has 1 aromatic heterocycles. The number of hydrogen-bond acceptors (Lipinski definition) is 5. The van der Waals surface area contributed by atoms with Gasteiger partial charge in [0.15, 0.2) is 0 Å². The smallest absolute Gasteiger partial charge is 0.356 e. The molecule has 0 atom stereocenters. The van der Waals surface area contributed by atoms with Gasteiger partial charge in [0.05, 0.1) is 12.8 Å². The SMILES string of the molecule is COC(=O)c1[nH]c2ccc(F)cc2c1NC(=O)CCN1CCN(Cc2ccccc2)CC1. The summed E-state index contributed by atoms with van der Waals surface area (Å²) in [6.07, 6.45) is 0.279. The molecule has 3 aromatic rings. The average Bonchev–Trinajstić information content (AvgIpc) is 3.16. The normalized spacial score (nSPS) is 15.1. The van der Waals surface area contributed by atoms with Gasteiger partial charge in [0.2, 0.25) is 5.91 Å². The minimum absolute atomic E-state index is 0.107. The lowest BCUT2D eigenvalue weighted by atomic mass is 10.2. The molecule has 2 heterocycles. The van der Waals surface area contributed by atoms with Crippen LogP contribution in [0.3, 0.4) is 0 Å². The van der Waals surface area contributed by atoms with Gasteiger partial charge >= 0.3 is 5.97 Å². The van der Waals surface area contributed by atoms with E-state index in [1.165, 1.54) is 30.9 Å². The predicted molar refractivity (Wildman–Crippen MR) is 121 cm³/mol. The highest BCUT2D eigenvalue weighted by Crippen LogP contribution is 2.29. The zero-order valence-corrected chi connectivity index (χ0v) is 18.1. The van der Waals surface area contributed by atoms with Crippen molar-refractivity contribution in [3.05, 3.63) is 65.6 Å². The number of H-pyrrole nitrogens is 1. The van der Waals surface area contributed by atoms with Crippen molar-refractivity contribution >= 4 is 28.5 Å². The van der Waals surface area contributed by atoms with Crippen LogP contribution in [-0.4, -0.2) is 66.5 Å². The number of anilines is 1. The number of carbonyl (C=O) groups excluding carboxylic acids is 2. The number of amides is 1. The van der Waals surface area contributed by atoms with Crippen LogP contribution < -0.4 is 5.32 Å². The molecule has 4 rings (SSSR count). The van der Waals surface area contributed by atoms with Gasteiger partial charge in [0, 0.05) is 56.6 Å². The molecule has 0 saturated carbocycles. The van der Waals surface area contributed by atoms with E-state index in [1.807, 2.05) is 6.07 Å². The Balaban J connectivity index is 1.32. The van der Waals surface area contributed by atoms with Gasteiger partial charge in [-0.1, -0.05) is 30.3 Å². The third kappa shape index (κ3) is 5.15. The van der Waals surface area contributed by atoms with E-state index in [1.54, 1.807) is 0 Å². The zero-order valence-electron chi connectivity index (χ0n) is 18.1. The summed E-state index contributed by atoms with van der Waals surface area (Å²) in [5.74, 6) is -1.30. The molecular formula is C24H27FN4O3. The highest BCUT2D eigenvalue weighted by molar-refractivity contribution is 6.10. The maximum Gasteiger partial charge on any atom is 0.356 e. The summed E-state index contributed by atoms with van der Waals surface area (Å²) in [5.41, 5.74) is 2.22. The van der Waals surface area contributed by atoms with Gasteiger partial charge in [0.1, 0.15) is 11.5 Å². The standard InChI is InChI=1S/C24H27FN4O3/c1-32-24(31)23-22(19-15-18(25)7-8-20(19)26-23)27-21(30)9-10-28-11-13-29(14-12-28)16-17-5-3-2-4-6-17/h2-8,15,26H,9-14,16H2,1H3,(H,27,30). The fourth-order valence-electron chi connectivity index (χ4n) is 4.02. The highest BCUT2D eigenvalue weighted by atomic mass is 19.1. The van der Waals surface area contributed by atoms with Crippen LogP contribution >= 0.6 is 0 Å². The molecule has 168 valence electrons. The highest BCUT2D eigenvalue weighted by Gasteiger charge is 2.22. The number of aromatic amines is 1. The van der Waals surface area contributed by atoms with E-state index in [2.05, 4.69) is 44.4 Å². The van der Waals surface area contributed by atoms with Crippen LogP contribution in [0.4, 0.5) is 10.1 Å². The topological polar surface area (TPSA) is 77.7 Å². The van der Waals surface area contributed by atoms with Crippen molar-refractivity contribution in [2.75, 3.05) is 45.2 Å². The molecule has 1 aliphatic rings. The van der Waals surface area contributed by atoms with Crippen LogP contribution in [0.25, 0.3) is 10.9 Å². The Labute approximate surface area is 186 Å². The van der Waals surface area contributed by atoms with E-state index in [9.17, 15) is 14.0 Å². The number of piperazine rings is 1. The number of methoxy groups -OCH3 is 1. The Bertz CT molecular complexity index is 1090. The second kappa shape index (κ2) is 9.93. The third-order valence-corrected chi connectivity index (χ3v) is 5.78. The molecule has 1 fully saturated rings. The molecule has 2 aromatic carbocycles. The average molecular weight is 439 g/mol. The van der Waals surface area contributed by atoms with Crippen LogP contribution in [0.1, 0.15) is 22.5 Å². The molecule has 1 saturated heterocycles. The summed E-state index contributed by atoms with van der Waals surface area (Å²) < 4.78 is 18.6. The van der Waals surface area contributed by atoms with Crippen molar-refractivity contribution in [2.45, 2.75) is 13.0 Å². The lowest BCUT2D eigenvalue weighted by Gasteiger charge is -2.34. The quantitative estimate of drug-likeness (QED) is 0.554. The maximum atomic E-state index is 13.8. The second-order valence-corrected chi connectivity index (χ2v) is 7.96. The summed E-state index contributed by atoms with van der Waals surface area (Å²) >= 11 is 0. The minimum Gasteiger partial charge on any atom is -0.464 e. The van der Waals surface area contributed by atoms with Crippen molar-refractivity contribution in [3.63, 3.8) is 0 Å². The summed E-state index contributed by atoms with van der Waals surface area (Å²) in [7, 11) is 1.26. The van der Waals surface area contributed by atoms with Crippen molar-refractivity contribution in [2.24, 2.45) is 0 Å². The van der Waals surface area contributed by atoms with Gasteiger partial charge in [-0.05, 0) is 23.8 Å². The lowest BCUT2D eigenvalue weighted by molar-refractivity contribution is -0.116.